The molecule has 17 heavy (non-hydrogen) atoms. The molecule has 0 radical (unpaired) electrons. The van der Waals surface area contributed by atoms with Gasteiger partial charge in [-0.15, -0.1) is 11.3 Å². The summed E-state index contributed by atoms with van der Waals surface area (Å²) in [5.41, 5.74) is 0.668. The molecule has 1 aromatic heterocycles. The largest absolute Gasteiger partial charge is 0.336 e. The minimum Gasteiger partial charge on any atom is -0.336 e. The summed E-state index contributed by atoms with van der Waals surface area (Å²) >= 11 is 6.08. The van der Waals surface area contributed by atoms with Gasteiger partial charge in [0.2, 0.25) is 0 Å². The molecule has 0 fully saturated rings. The Hall–Kier alpha value is -1.27. The molecule has 0 aliphatic carbocycles. The maximum Gasteiger partial charge on any atom is 0.296 e. The van der Waals surface area contributed by atoms with Crippen LogP contribution in [-0.4, -0.2) is 18.0 Å². The van der Waals surface area contributed by atoms with Gasteiger partial charge < -0.3 is 4.98 Å². The highest BCUT2D eigenvalue weighted by atomic mass is 32.2. The average molecular weight is 286 g/mol. The van der Waals surface area contributed by atoms with Gasteiger partial charge in [0.1, 0.15) is 4.90 Å². The minimum absolute atomic E-state index is 0.204. The third-order valence-electron chi connectivity index (χ3n) is 2.30. The lowest BCUT2D eigenvalue weighted by molar-refractivity contribution is 0.483. The van der Waals surface area contributed by atoms with Crippen LogP contribution in [0.4, 0.5) is 0 Å². The van der Waals surface area contributed by atoms with Crippen LogP contribution in [0.5, 0.6) is 0 Å². The van der Waals surface area contributed by atoms with E-state index in [0.29, 0.717) is 8.65 Å². The summed E-state index contributed by atoms with van der Waals surface area (Å²) in [6.45, 7) is 1.47. The van der Waals surface area contributed by atoms with Gasteiger partial charge in [0, 0.05) is 0 Å². The molecule has 1 heterocycles. The Balaban J connectivity index is 3.12. The molecule has 0 spiro atoms. The molecule has 2 rings (SSSR count). The lowest BCUT2D eigenvalue weighted by Gasteiger charge is -2.05. The van der Waals surface area contributed by atoms with Gasteiger partial charge in [-0.05, 0) is 30.8 Å². The van der Waals surface area contributed by atoms with Crippen LogP contribution in [0.25, 0.3) is 10.2 Å². The molecule has 0 atom stereocenters. The third kappa shape index (κ3) is 1.98. The molecule has 0 saturated heterocycles. The molecular formula is C9H6N2O3S3. The Morgan fingerprint density at radius 2 is 2.24 bits per heavy atom. The standard InChI is InChI=1S/C9H6N2O3S3/c1-4-5(3-10)2-6-7(11-9(15)16-6)8(4)17(12,13)14/h2H,1H3,(H,11,15)(H,12,13,14). The first-order chi connectivity index (χ1) is 7.84. The second kappa shape index (κ2) is 3.89. The summed E-state index contributed by atoms with van der Waals surface area (Å²) in [5, 5.41) is 8.92. The first-order valence-corrected chi connectivity index (χ1v) is 7.05. The number of aromatic amines is 1. The van der Waals surface area contributed by atoms with E-state index in [4.69, 9.17) is 17.5 Å². The number of nitrogens with one attached hydrogen (secondary N) is 1. The van der Waals surface area contributed by atoms with Crippen LogP contribution in [0.15, 0.2) is 11.0 Å². The molecule has 5 nitrogen and oxygen atoms in total. The molecule has 0 saturated carbocycles. The number of rotatable bonds is 1. The van der Waals surface area contributed by atoms with Crippen LogP contribution in [0, 0.1) is 22.2 Å². The van der Waals surface area contributed by atoms with Crippen molar-refractivity contribution in [3.05, 3.63) is 21.1 Å². The van der Waals surface area contributed by atoms with E-state index < -0.39 is 10.1 Å². The van der Waals surface area contributed by atoms with Gasteiger partial charge >= 0.3 is 0 Å². The zero-order valence-corrected chi connectivity index (χ0v) is 11.0. The number of thiazole rings is 1. The molecule has 0 aliphatic heterocycles. The number of nitriles is 1. The van der Waals surface area contributed by atoms with E-state index in [1.165, 1.54) is 6.92 Å². The predicted molar refractivity (Wildman–Crippen MR) is 66.3 cm³/mol. The fourth-order valence-electron chi connectivity index (χ4n) is 1.60. The molecule has 2 N–H and O–H groups in total. The summed E-state index contributed by atoms with van der Waals surface area (Å²) < 4.78 is 32.8. The zero-order valence-electron chi connectivity index (χ0n) is 8.51. The Kier molecular flexibility index (Phi) is 2.79. The quantitative estimate of drug-likeness (QED) is 0.620. The van der Waals surface area contributed by atoms with Crippen molar-refractivity contribution in [3.8, 4) is 6.07 Å². The molecule has 0 amide bonds. The average Bonchev–Trinajstić information content (AvgIpc) is 2.54. The lowest BCUT2D eigenvalue weighted by Crippen LogP contribution is -2.03. The van der Waals surface area contributed by atoms with Gasteiger partial charge in [0.15, 0.2) is 3.95 Å². The van der Waals surface area contributed by atoms with E-state index >= 15 is 0 Å². The van der Waals surface area contributed by atoms with Crippen molar-refractivity contribution >= 4 is 43.9 Å². The van der Waals surface area contributed by atoms with Crippen LogP contribution in [0.1, 0.15) is 11.1 Å². The first-order valence-electron chi connectivity index (χ1n) is 4.38. The molecule has 2 aromatic rings. The second-order valence-corrected chi connectivity index (χ2v) is 6.43. The summed E-state index contributed by atoms with van der Waals surface area (Å²) in [5.74, 6) is 0. The third-order valence-corrected chi connectivity index (χ3v) is 4.51. The van der Waals surface area contributed by atoms with E-state index in [9.17, 15) is 13.0 Å². The molecule has 0 aliphatic rings. The van der Waals surface area contributed by atoms with Gasteiger partial charge in [-0.25, -0.2) is 0 Å². The molecule has 0 unspecified atom stereocenters. The Morgan fingerprint density at radius 1 is 1.59 bits per heavy atom. The van der Waals surface area contributed by atoms with Crippen LogP contribution in [0.3, 0.4) is 0 Å². The molecule has 1 aromatic carbocycles. The van der Waals surface area contributed by atoms with Gasteiger partial charge in [-0.1, -0.05) is 0 Å². The topological polar surface area (TPSA) is 94.0 Å². The molecule has 8 heteroatoms. The smallest absolute Gasteiger partial charge is 0.296 e. The van der Waals surface area contributed by atoms with Crippen LogP contribution < -0.4 is 0 Å². The van der Waals surface area contributed by atoms with E-state index in [1.54, 1.807) is 6.07 Å². The highest BCUT2D eigenvalue weighted by molar-refractivity contribution is 7.86. The Bertz CT molecular complexity index is 808. The maximum atomic E-state index is 11.3. The van der Waals surface area contributed by atoms with Gasteiger partial charge in [-0.2, -0.15) is 13.7 Å². The lowest BCUT2D eigenvalue weighted by atomic mass is 10.1. The minimum atomic E-state index is -4.40. The van der Waals surface area contributed by atoms with Crippen LogP contribution >= 0.6 is 23.6 Å². The number of H-pyrrole nitrogens is 1. The monoisotopic (exact) mass is 286 g/mol. The van der Waals surface area contributed by atoms with Crippen molar-refractivity contribution < 1.29 is 13.0 Å². The van der Waals surface area contributed by atoms with Crippen molar-refractivity contribution in [3.63, 3.8) is 0 Å². The van der Waals surface area contributed by atoms with E-state index in [1.807, 2.05) is 6.07 Å². The number of hydrogen-bond acceptors (Lipinski definition) is 5. The van der Waals surface area contributed by atoms with Crippen LogP contribution in [0.2, 0.25) is 0 Å². The summed E-state index contributed by atoms with van der Waals surface area (Å²) in [7, 11) is -4.40. The number of fused-ring (bicyclic) bond motifs is 1. The molecular weight excluding hydrogens is 280 g/mol. The maximum absolute atomic E-state index is 11.3. The summed E-state index contributed by atoms with van der Waals surface area (Å²) in [6, 6.07) is 3.44. The van der Waals surface area contributed by atoms with Crippen molar-refractivity contribution in [2.45, 2.75) is 11.8 Å². The Labute approximate surface area is 106 Å². The number of benzene rings is 1. The fraction of sp³-hybridized carbons (Fsp3) is 0.111. The van der Waals surface area contributed by atoms with E-state index in [2.05, 4.69) is 4.98 Å². The molecule has 0 bridgehead atoms. The molecule has 88 valence electrons. The first kappa shape index (κ1) is 12.2. The number of nitrogens with zero attached hydrogens (tertiary/aromatic N) is 1. The van der Waals surface area contributed by atoms with E-state index in [-0.39, 0.29) is 21.5 Å². The van der Waals surface area contributed by atoms with Crippen molar-refractivity contribution in [1.29, 1.82) is 5.26 Å². The zero-order chi connectivity index (χ0) is 12.8. The highest BCUT2D eigenvalue weighted by Crippen LogP contribution is 2.31. The second-order valence-electron chi connectivity index (χ2n) is 3.35. The van der Waals surface area contributed by atoms with Crippen molar-refractivity contribution in [2.75, 3.05) is 0 Å². The summed E-state index contributed by atoms with van der Waals surface area (Å²) in [6.07, 6.45) is 0. The normalized spacial score (nSPS) is 11.6. The summed E-state index contributed by atoms with van der Waals surface area (Å²) in [4.78, 5) is 2.43. The SMILES string of the molecule is Cc1c(C#N)cc2sc(=S)[nH]c2c1S(=O)(=O)O. The fourth-order valence-corrected chi connectivity index (χ4v) is 3.73. The Morgan fingerprint density at radius 3 is 2.76 bits per heavy atom. The van der Waals surface area contributed by atoms with Crippen molar-refractivity contribution in [2.24, 2.45) is 0 Å². The van der Waals surface area contributed by atoms with Crippen molar-refractivity contribution in [1.82, 2.24) is 4.98 Å². The van der Waals surface area contributed by atoms with Crippen LogP contribution in [-0.2, 0) is 10.1 Å². The highest BCUT2D eigenvalue weighted by Gasteiger charge is 2.21. The number of aromatic nitrogens is 1. The van der Waals surface area contributed by atoms with Gasteiger partial charge in [0.25, 0.3) is 10.1 Å². The van der Waals surface area contributed by atoms with E-state index in [0.717, 1.165) is 11.3 Å². The van der Waals surface area contributed by atoms with Gasteiger partial charge in [0.05, 0.1) is 21.8 Å². The predicted octanol–water partition coefficient (Wildman–Crippen LogP) is 2.39. The number of hydrogen-bond donors (Lipinski definition) is 2. The van der Waals surface area contributed by atoms with Gasteiger partial charge in [-0.3, -0.25) is 4.55 Å².